The number of hydrogen-bond acceptors (Lipinski definition) is 4. The first-order valence-electron chi connectivity index (χ1n) is 10.2. The highest BCUT2D eigenvalue weighted by atomic mass is 16.4. The van der Waals surface area contributed by atoms with E-state index in [9.17, 15) is 19.5 Å². The largest absolute Gasteiger partial charge is 0.478 e. The van der Waals surface area contributed by atoms with Crippen molar-refractivity contribution in [3.05, 3.63) is 82.3 Å². The van der Waals surface area contributed by atoms with Crippen LogP contribution in [-0.2, 0) is 0 Å². The van der Waals surface area contributed by atoms with Gasteiger partial charge in [0.15, 0.2) is 0 Å². The Labute approximate surface area is 184 Å². The van der Waals surface area contributed by atoms with Crippen molar-refractivity contribution in [1.29, 1.82) is 0 Å². The molecule has 7 heteroatoms. The van der Waals surface area contributed by atoms with Gasteiger partial charge in [0, 0.05) is 36.3 Å². The molecule has 162 valence electrons. The Morgan fingerprint density at radius 1 is 0.969 bits per heavy atom. The fourth-order valence-corrected chi connectivity index (χ4v) is 3.77. The predicted octanol–water partition coefficient (Wildman–Crippen LogP) is 3.34. The lowest BCUT2D eigenvalue weighted by molar-refractivity contribution is 0.0699. The summed E-state index contributed by atoms with van der Waals surface area (Å²) in [4.78, 5) is 40.8. The summed E-state index contributed by atoms with van der Waals surface area (Å²) in [5.41, 5.74) is 2.08. The normalized spacial score (nSPS) is 11.2. The molecule has 0 radical (unpaired) electrons. The molecule has 0 unspecified atom stereocenters. The van der Waals surface area contributed by atoms with Crippen LogP contribution in [0.1, 0.15) is 20.7 Å². The Kier molecular flexibility index (Phi) is 5.75. The van der Waals surface area contributed by atoms with Crippen LogP contribution in [-0.4, -0.2) is 54.1 Å². The maximum atomic E-state index is 12.5. The molecule has 0 aliphatic heterocycles. The summed E-state index contributed by atoms with van der Waals surface area (Å²) < 4.78 is 0. The zero-order valence-corrected chi connectivity index (χ0v) is 17.8. The number of aromatic carboxylic acids is 1. The van der Waals surface area contributed by atoms with E-state index in [1.165, 1.54) is 12.1 Å². The number of fused-ring (bicyclic) bond motifs is 3. The van der Waals surface area contributed by atoms with Crippen LogP contribution in [0.2, 0.25) is 0 Å². The quantitative estimate of drug-likeness (QED) is 0.408. The molecule has 0 fully saturated rings. The van der Waals surface area contributed by atoms with Gasteiger partial charge >= 0.3 is 5.97 Å². The lowest BCUT2D eigenvalue weighted by atomic mass is 9.94. The second-order valence-corrected chi connectivity index (χ2v) is 7.93. The minimum absolute atomic E-state index is 0.138. The van der Waals surface area contributed by atoms with E-state index < -0.39 is 5.97 Å². The molecule has 7 nitrogen and oxygen atoms in total. The van der Waals surface area contributed by atoms with E-state index in [1.54, 1.807) is 18.3 Å². The third-order valence-corrected chi connectivity index (χ3v) is 5.39. The van der Waals surface area contributed by atoms with E-state index in [-0.39, 0.29) is 17.0 Å². The average Bonchev–Trinajstić information content (AvgIpc) is 2.77. The number of carboxylic acid groups (broad SMARTS) is 1. The van der Waals surface area contributed by atoms with Gasteiger partial charge in [-0.2, -0.15) is 0 Å². The molecule has 0 atom stereocenters. The number of nitrogens with one attached hydrogen (secondary N) is 2. The minimum Gasteiger partial charge on any atom is -0.478 e. The van der Waals surface area contributed by atoms with Crippen molar-refractivity contribution in [3.8, 4) is 11.1 Å². The second kappa shape index (κ2) is 8.64. The van der Waals surface area contributed by atoms with Crippen LogP contribution in [0, 0.1) is 0 Å². The molecule has 32 heavy (non-hydrogen) atoms. The number of carboxylic acids is 1. The predicted molar refractivity (Wildman–Crippen MR) is 125 cm³/mol. The third kappa shape index (κ3) is 4.24. The second-order valence-electron chi connectivity index (χ2n) is 7.93. The third-order valence-electron chi connectivity index (χ3n) is 5.39. The topological polar surface area (TPSA) is 102 Å². The SMILES string of the molecule is CN(C)CCNC(=O)c1cccc(-c2ccc3c(C(=O)O)cc4cc(=O)[nH]cc4c3c2)c1. The number of benzene rings is 3. The number of nitrogens with zero attached hydrogens (tertiary/aromatic N) is 1. The van der Waals surface area contributed by atoms with Gasteiger partial charge in [0.25, 0.3) is 5.91 Å². The number of aromatic nitrogens is 1. The maximum absolute atomic E-state index is 12.5. The van der Waals surface area contributed by atoms with Crippen molar-refractivity contribution in [2.45, 2.75) is 0 Å². The van der Waals surface area contributed by atoms with Crippen molar-refractivity contribution in [2.24, 2.45) is 0 Å². The Morgan fingerprint density at radius 3 is 2.50 bits per heavy atom. The fraction of sp³-hybridized carbons (Fsp3) is 0.160. The molecule has 0 saturated heterocycles. The number of aromatic amines is 1. The van der Waals surface area contributed by atoms with E-state index in [4.69, 9.17) is 0 Å². The zero-order valence-electron chi connectivity index (χ0n) is 17.8. The number of carbonyl (C=O) groups is 2. The van der Waals surface area contributed by atoms with Crippen LogP contribution in [0.15, 0.2) is 65.6 Å². The van der Waals surface area contributed by atoms with Gasteiger partial charge in [-0.05, 0) is 65.6 Å². The number of hydrogen-bond donors (Lipinski definition) is 3. The molecule has 0 spiro atoms. The van der Waals surface area contributed by atoms with Crippen LogP contribution in [0.5, 0.6) is 0 Å². The first kappa shape index (κ1) is 21.3. The van der Waals surface area contributed by atoms with Crippen LogP contribution < -0.4 is 10.9 Å². The Hall–Kier alpha value is -3.97. The van der Waals surface area contributed by atoms with Crippen LogP contribution in [0.3, 0.4) is 0 Å². The van der Waals surface area contributed by atoms with Crippen molar-refractivity contribution in [3.63, 3.8) is 0 Å². The molecule has 1 heterocycles. The summed E-state index contributed by atoms with van der Waals surface area (Å²) >= 11 is 0. The highest BCUT2D eigenvalue weighted by Crippen LogP contribution is 2.32. The maximum Gasteiger partial charge on any atom is 0.336 e. The minimum atomic E-state index is -1.05. The molecule has 1 aromatic heterocycles. The molecule has 0 aliphatic rings. The number of H-pyrrole nitrogens is 1. The molecule has 0 saturated carbocycles. The summed E-state index contributed by atoms with van der Waals surface area (Å²) in [7, 11) is 3.89. The van der Waals surface area contributed by atoms with Crippen molar-refractivity contribution < 1.29 is 14.7 Å². The van der Waals surface area contributed by atoms with Gasteiger partial charge in [0.05, 0.1) is 5.56 Å². The molecule has 0 bridgehead atoms. The molecule has 4 aromatic rings. The molecule has 1 amide bonds. The first-order valence-corrected chi connectivity index (χ1v) is 10.2. The van der Waals surface area contributed by atoms with Gasteiger partial charge < -0.3 is 20.3 Å². The van der Waals surface area contributed by atoms with Crippen LogP contribution in [0.25, 0.3) is 32.7 Å². The van der Waals surface area contributed by atoms with Gasteiger partial charge in [-0.15, -0.1) is 0 Å². The molecule has 0 aliphatic carbocycles. The van der Waals surface area contributed by atoms with Crippen LogP contribution in [0.4, 0.5) is 0 Å². The van der Waals surface area contributed by atoms with Gasteiger partial charge in [-0.3, -0.25) is 9.59 Å². The lowest BCUT2D eigenvalue weighted by Gasteiger charge is -2.12. The number of rotatable bonds is 6. The molecular formula is C25H23N3O4. The number of amides is 1. The first-order chi connectivity index (χ1) is 15.3. The Morgan fingerprint density at radius 2 is 1.75 bits per heavy atom. The zero-order chi connectivity index (χ0) is 22.8. The molecular weight excluding hydrogens is 406 g/mol. The van der Waals surface area contributed by atoms with Crippen molar-refractivity contribution in [2.75, 3.05) is 27.2 Å². The molecule has 4 rings (SSSR count). The highest BCUT2D eigenvalue weighted by Gasteiger charge is 2.14. The van der Waals surface area contributed by atoms with E-state index in [0.29, 0.717) is 22.9 Å². The van der Waals surface area contributed by atoms with Crippen molar-refractivity contribution >= 4 is 33.4 Å². The number of likely N-dealkylation sites (N-methyl/N-ethyl adjacent to an activating group) is 1. The van der Waals surface area contributed by atoms with E-state index in [0.717, 1.165) is 28.4 Å². The smallest absolute Gasteiger partial charge is 0.336 e. The van der Waals surface area contributed by atoms with Gasteiger partial charge in [-0.25, -0.2) is 4.79 Å². The van der Waals surface area contributed by atoms with E-state index >= 15 is 0 Å². The fourth-order valence-electron chi connectivity index (χ4n) is 3.77. The van der Waals surface area contributed by atoms with Gasteiger partial charge in [0.1, 0.15) is 0 Å². The summed E-state index contributed by atoms with van der Waals surface area (Å²) in [6.07, 6.45) is 1.60. The monoisotopic (exact) mass is 429 g/mol. The summed E-state index contributed by atoms with van der Waals surface area (Å²) in [6, 6.07) is 15.7. The Balaban J connectivity index is 1.79. The number of pyridine rings is 1. The van der Waals surface area contributed by atoms with E-state index in [1.807, 2.05) is 49.3 Å². The highest BCUT2D eigenvalue weighted by molar-refractivity contribution is 6.16. The van der Waals surface area contributed by atoms with Crippen LogP contribution >= 0.6 is 0 Å². The number of carbonyl (C=O) groups excluding carboxylic acids is 1. The molecule has 3 aromatic carbocycles. The van der Waals surface area contributed by atoms with Gasteiger partial charge in [-0.1, -0.05) is 24.3 Å². The average molecular weight is 429 g/mol. The summed E-state index contributed by atoms with van der Waals surface area (Å²) in [5.74, 6) is -1.20. The van der Waals surface area contributed by atoms with Crippen molar-refractivity contribution in [1.82, 2.24) is 15.2 Å². The summed E-state index contributed by atoms with van der Waals surface area (Å²) in [5, 5.41) is 15.2. The van der Waals surface area contributed by atoms with E-state index in [2.05, 4.69) is 10.3 Å². The van der Waals surface area contributed by atoms with Gasteiger partial charge in [0.2, 0.25) is 5.56 Å². The molecule has 3 N–H and O–H groups in total. The standard InChI is InChI=1S/C25H23N3O4/c1-28(2)9-8-26-24(30)17-5-3-4-15(10-17)16-6-7-19-20(11-16)22-14-27-23(29)13-18(22)12-21(19)25(31)32/h3-7,10-14H,8-9H2,1-2H3,(H,26,30)(H,27,29)(H,31,32). The Bertz CT molecular complexity index is 1410. The lowest BCUT2D eigenvalue weighted by Crippen LogP contribution is -2.31. The summed E-state index contributed by atoms with van der Waals surface area (Å²) in [6.45, 7) is 1.30.